The zero-order chi connectivity index (χ0) is 12.7. The lowest BCUT2D eigenvalue weighted by Crippen LogP contribution is -2.25. The lowest BCUT2D eigenvalue weighted by molar-refractivity contribution is 0.461. The summed E-state index contributed by atoms with van der Waals surface area (Å²) in [4.78, 5) is 4.64. The van der Waals surface area contributed by atoms with Crippen LogP contribution in [0.2, 0.25) is 0 Å². The average Bonchev–Trinajstić information content (AvgIpc) is 2.43. The topological polar surface area (TPSA) is 17.8 Å². The van der Waals surface area contributed by atoms with Gasteiger partial charge in [0.1, 0.15) is 0 Å². The zero-order valence-corrected chi connectivity index (χ0v) is 12.0. The number of rotatable bonds is 1. The number of aromatic nitrogens is 2. The molecule has 1 heterocycles. The first-order valence-electron chi connectivity index (χ1n) is 6.13. The molecule has 0 saturated carbocycles. The molecule has 0 unspecified atom stereocenters. The Hall–Kier alpha value is -0.790. The summed E-state index contributed by atoms with van der Waals surface area (Å²) in [7, 11) is 0. The monoisotopic (exact) mass is 222 g/mol. The fourth-order valence-electron chi connectivity index (χ4n) is 2.04. The summed E-state index contributed by atoms with van der Waals surface area (Å²) in [6.07, 6.45) is 1.99. The van der Waals surface area contributed by atoms with E-state index in [1.54, 1.807) is 0 Å². The van der Waals surface area contributed by atoms with E-state index in [2.05, 4.69) is 64.9 Å². The standard InChI is InChI=1S/C14H26N2/c1-10(2)16-9-15-11(13(3,4)5)12(16)14(6,7)8/h9-10H,1-8H3. The summed E-state index contributed by atoms with van der Waals surface area (Å²) in [5, 5.41) is 0. The molecule has 1 rings (SSSR count). The molecule has 0 spiro atoms. The molecule has 2 nitrogen and oxygen atoms in total. The minimum Gasteiger partial charge on any atom is -0.331 e. The summed E-state index contributed by atoms with van der Waals surface area (Å²) in [5.41, 5.74) is 2.86. The van der Waals surface area contributed by atoms with Crippen molar-refractivity contribution in [3.8, 4) is 0 Å². The van der Waals surface area contributed by atoms with Crippen molar-refractivity contribution in [2.24, 2.45) is 0 Å². The molecule has 16 heavy (non-hydrogen) atoms. The molecule has 0 amide bonds. The third-order valence-electron chi connectivity index (χ3n) is 2.77. The molecule has 2 heteroatoms. The minimum atomic E-state index is 0.114. The van der Waals surface area contributed by atoms with Crippen molar-refractivity contribution < 1.29 is 0 Å². The predicted molar refractivity (Wildman–Crippen MR) is 70.0 cm³/mol. The Morgan fingerprint density at radius 1 is 1.00 bits per heavy atom. The van der Waals surface area contributed by atoms with Crippen LogP contribution >= 0.6 is 0 Å². The van der Waals surface area contributed by atoms with Crippen LogP contribution < -0.4 is 0 Å². The van der Waals surface area contributed by atoms with Gasteiger partial charge in [0.25, 0.3) is 0 Å². The molecule has 92 valence electrons. The smallest absolute Gasteiger partial charge is 0.0954 e. The maximum atomic E-state index is 4.64. The summed E-state index contributed by atoms with van der Waals surface area (Å²) in [6.45, 7) is 17.9. The van der Waals surface area contributed by atoms with E-state index < -0.39 is 0 Å². The van der Waals surface area contributed by atoms with Crippen molar-refractivity contribution in [1.29, 1.82) is 0 Å². The van der Waals surface area contributed by atoms with Crippen LogP contribution in [-0.4, -0.2) is 9.55 Å². The number of hydrogen-bond acceptors (Lipinski definition) is 1. The Kier molecular flexibility index (Phi) is 3.24. The van der Waals surface area contributed by atoms with E-state index in [1.807, 2.05) is 6.33 Å². The lowest BCUT2D eigenvalue weighted by atomic mass is 9.82. The van der Waals surface area contributed by atoms with Gasteiger partial charge in [0, 0.05) is 22.6 Å². The van der Waals surface area contributed by atoms with Crippen LogP contribution in [0.25, 0.3) is 0 Å². The van der Waals surface area contributed by atoms with Crippen molar-refractivity contribution in [3.05, 3.63) is 17.7 Å². The van der Waals surface area contributed by atoms with E-state index in [9.17, 15) is 0 Å². The summed E-state index contributed by atoms with van der Waals surface area (Å²) in [5.74, 6) is 0. The Bertz CT molecular complexity index is 359. The van der Waals surface area contributed by atoms with E-state index in [0.29, 0.717) is 6.04 Å². The average molecular weight is 222 g/mol. The van der Waals surface area contributed by atoms with Gasteiger partial charge in [0.2, 0.25) is 0 Å². The quantitative estimate of drug-likeness (QED) is 0.700. The van der Waals surface area contributed by atoms with Gasteiger partial charge in [-0.3, -0.25) is 0 Å². The van der Waals surface area contributed by atoms with Crippen LogP contribution in [0.1, 0.15) is 72.8 Å². The van der Waals surface area contributed by atoms with Gasteiger partial charge in [-0.15, -0.1) is 0 Å². The molecule has 0 bridgehead atoms. The van der Waals surface area contributed by atoms with Crippen molar-refractivity contribution >= 4 is 0 Å². The molecule has 1 aromatic rings. The van der Waals surface area contributed by atoms with E-state index in [-0.39, 0.29) is 10.8 Å². The molecule has 0 aliphatic carbocycles. The summed E-state index contributed by atoms with van der Waals surface area (Å²) >= 11 is 0. The van der Waals surface area contributed by atoms with Gasteiger partial charge < -0.3 is 4.57 Å². The Morgan fingerprint density at radius 3 is 1.81 bits per heavy atom. The molecule has 0 aliphatic rings. The summed E-state index contributed by atoms with van der Waals surface area (Å²) in [6, 6.07) is 0.470. The maximum Gasteiger partial charge on any atom is 0.0954 e. The van der Waals surface area contributed by atoms with Gasteiger partial charge in [-0.25, -0.2) is 4.98 Å². The highest BCUT2D eigenvalue weighted by Crippen LogP contribution is 2.34. The van der Waals surface area contributed by atoms with Crippen LogP contribution in [-0.2, 0) is 10.8 Å². The highest BCUT2D eigenvalue weighted by molar-refractivity contribution is 5.27. The molecule has 0 N–H and O–H groups in total. The molecule has 0 aliphatic heterocycles. The second kappa shape index (κ2) is 3.90. The molecular formula is C14H26N2. The summed E-state index contributed by atoms with van der Waals surface area (Å²) < 4.78 is 2.31. The zero-order valence-electron chi connectivity index (χ0n) is 12.0. The van der Waals surface area contributed by atoms with Crippen LogP contribution in [0.3, 0.4) is 0 Å². The number of nitrogens with zero attached hydrogens (tertiary/aromatic N) is 2. The van der Waals surface area contributed by atoms with E-state index >= 15 is 0 Å². The predicted octanol–water partition coefficient (Wildman–Crippen LogP) is 4.06. The van der Waals surface area contributed by atoms with Crippen molar-refractivity contribution in [2.45, 2.75) is 72.3 Å². The van der Waals surface area contributed by atoms with E-state index in [1.165, 1.54) is 11.4 Å². The third-order valence-corrected chi connectivity index (χ3v) is 2.77. The van der Waals surface area contributed by atoms with E-state index in [4.69, 9.17) is 0 Å². The van der Waals surface area contributed by atoms with Gasteiger partial charge in [-0.2, -0.15) is 0 Å². The molecule has 1 aromatic heterocycles. The second-order valence-corrected chi connectivity index (χ2v) is 6.94. The Morgan fingerprint density at radius 2 is 1.50 bits per heavy atom. The van der Waals surface area contributed by atoms with Gasteiger partial charge in [-0.1, -0.05) is 41.5 Å². The highest BCUT2D eigenvalue weighted by Gasteiger charge is 2.30. The fraction of sp³-hybridized carbons (Fsp3) is 0.786. The molecule has 0 fully saturated rings. The lowest BCUT2D eigenvalue weighted by Gasteiger charge is -2.28. The maximum absolute atomic E-state index is 4.64. The molecular weight excluding hydrogens is 196 g/mol. The Labute approximate surface area is 100 Å². The third kappa shape index (κ3) is 2.47. The van der Waals surface area contributed by atoms with E-state index in [0.717, 1.165) is 0 Å². The van der Waals surface area contributed by atoms with Crippen LogP contribution in [0.4, 0.5) is 0 Å². The van der Waals surface area contributed by atoms with Gasteiger partial charge in [0.05, 0.1) is 12.0 Å². The van der Waals surface area contributed by atoms with Crippen LogP contribution in [0, 0.1) is 0 Å². The first-order chi connectivity index (χ1) is 7.05. The van der Waals surface area contributed by atoms with Crippen molar-refractivity contribution in [3.63, 3.8) is 0 Å². The van der Waals surface area contributed by atoms with Gasteiger partial charge in [-0.05, 0) is 13.8 Å². The normalized spacial score (nSPS) is 13.6. The number of hydrogen-bond donors (Lipinski definition) is 0. The molecule has 0 radical (unpaired) electrons. The Balaban J connectivity index is 3.44. The fourth-order valence-corrected chi connectivity index (χ4v) is 2.04. The van der Waals surface area contributed by atoms with Gasteiger partial charge in [0.15, 0.2) is 0 Å². The first-order valence-corrected chi connectivity index (χ1v) is 6.13. The van der Waals surface area contributed by atoms with Gasteiger partial charge >= 0.3 is 0 Å². The largest absolute Gasteiger partial charge is 0.331 e. The van der Waals surface area contributed by atoms with Crippen LogP contribution in [0.5, 0.6) is 0 Å². The van der Waals surface area contributed by atoms with Crippen molar-refractivity contribution in [2.75, 3.05) is 0 Å². The SMILES string of the molecule is CC(C)n1cnc(C(C)(C)C)c1C(C)(C)C. The molecule has 0 aromatic carbocycles. The van der Waals surface area contributed by atoms with Crippen LogP contribution in [0.15, 0.2) is 6.33 Å². The first kappa shape index (κ1) is 13.3. The van der Waals surface area contributed by atoms with Crippen molar-refractivity contribution in [1.82, 2.24) is 9.55 Å². The molecule has 0 saturated heterocycles. The number of imidazole rings is 1. The highest BCUT2D eigenvalue weighted by atomic mass is 15.1. The molecule has 0 atom stereocenters. The minimum absolute atomic E-state index is 0.114. The second-order valence-electron chi connectivity index (χ2n) is 6.94.